The van der Waals surface area contributed by atoms with Gasteiger partial charge in [-0.25, -0.2) is 4.79 Å². The predicted molar refractivity (Wildman–Crippen MR) is 80.0 cm³/mol. The van der Waals surface area contributed by atoms with E-state index in [9.17, 15) is 4.79 Å². The first-order valence-electron chi connectivity index (χ1n) is 6.74. The van der Waals surface area contributed by atoms with E-state index in [1.54, 1.807) is 12.1 Å². The van der Waals surface area contributed by atoms with Gasteiger partial charge >= 0.3 is 5.97 Å². The van der Waals surface area contributed by atoms with Crippen molar-refractivity contribution in [1.82, 2.24) is 5.32 Å². The fourth-order valence-electron chi connectivity index (χ4n) is 2.11. The minimum Gasteiger partial charge on any atom is -0.478 e. The Kier molecular flexibility index (Phi) is 4.91. The first-order chi connectivity index (χ1) is 9.66. The molecule has 2 rings (SSSR count). The topological polar surface area (TPSA) is 49.3 Å². The van der Waals surface area contributed by atoms with E-state index >= 15 is 0 Å². The van der Waals surface area contributed by atoms with Gasteiger partial charge in [0.2, 0.25) is 0 Å². The van der Waals surface area contributed by atoms with Crippen LogP contribution < -0.4 is 5.32 Å². The van der Waals surface area contributed by atoms with Crippen LogP contribution in [-0.2, 0) is 13.0 Å². The van der Waals surface area contributed by atoms with Crippen molar-refractivity contribution in [2.45, 2.75) is 19.9 Å². The van der Waals surface area contributed by atoms with E-state index in [1.807, 2.05) is 12.1 Å². The number of nitrogens with one attached hydrogen (secondary N) is 1. The van der Waals surface area contributed by atoms with E-state index in [1.165, 1.54) is 11.1 Å². The molecule has 2 aromatic rings. The van der Waals surface area contributed by atoms with Gasteiger partial charge in [-0.05, 0) is 48.7 Å². The third kappa shape index (κ3) is 3.93. The van der Waals surface area contributed by atoms with Gasteiger partial charge in [0.05, 0.1) is 5.56 Å². The van der Waals surface area contributed by atoms with Crippen molar-refractivity contribution in [2.75, 3.05) is 6.54 Å². The first-order valence-corrected chi connectivity index (χ1v) is 6.74. The average molecular weight is 269 g/mol. The van der Waals surface area contributed by atoms with Crippen LogP contribution in [0.5, 0.6) is 0 Å². The number of rotatable bonds is 6. The third-order valence-electron chi connectivity index (χ3n) is 3.36. The number of aromatic carboxylic acids is 1. The van der Waals surface area contributed by atoms with E-state index in [2.05, 4.69) is 36.5 Å². The molecule has 3 nitrogen and oxygen atoms in total. The second kappa shape index (κ2) is 6.87. The summed E-state index contributed by atoms with van der Waals surface area (Å²) in [5, 5.41) is 12.2. The van der Waals surface area contributed by atoms with Gasteiger partial charge in [0.25, 0.3) is 0 Å². The second-order valence-electron chi connectivity index (χ2n) is 4.86. The molecule has 3 heteroatoms. The van der Waals surface area contributed by atoms with E-state index in [4.69, 9.17) is 5.11 Å². The molecule has 0 heterocycles. The van der Waals surface area contributed by atoms with Crippen molar-refractivity contribution in [3.63, 3.8) is 0 Å². The lowest BCUT2D eigenvalue weighted by Gasteiger charge is -2.07. The molecule has 0 fully saturated rings. The molecular weight excluding hydrogens is 250 g/mol. The highest BCUT2D eigenvalue weighted by Gasteiger charge is 2.01. The van der Waals surface area contributed by atoms with Gasteiger partial charge < -0.3 is 10.4 Å². The fraction of sp³-hybridized carbons (Fsp3) is 0.235. The Morgan fingerprint density at radius 1 is 1.10 bits per heavy atom. The maximum Gasteiger partial charge on any atom is 0.335 e. The van der Waals surface area contributed by atoms with Gasteiger partial charge in [0, 0.05) is 6.54 Å². The SMILES string of the molecule is Cc1ccccc1CCNCc1ccc(C(=O)O)cc1. The second-order valence-corrected chi connectivity index (χ2v) is 4.86. The molecule has 0 bridgehead atoms. The average Bonchev–Trinajstić information content (AvgIpc) is 2.46. The summed E-state index contributed by atoms with van der Waals surface area (Å²) in [4.78, 5) is 10.7. The first kappa shape index (κ1) is 14.3. The zero-order valence-corrected chi connectivity index (χ0v) is 11.6. The molecule has 0 saturated heterocycles. The highest BCUT2D eigenvalue weighted by Crippen LogP contribution is 2.07. The highest BCUT2D eigenvalue weighted by atomic mass is 16.4. The summed E-state index contributed by atoms with van der Waals surface area (Å²) in [5.74, 6) is -0.885. The number of benzene rings is 2. The van der Waals surface area contributed by atoms with Gasteiger partial charge in [0.1, 0.15) is 0 Å². The Balaban J connectivity index is 1.79. The Hall–Kier alpha value is -2.13. The zero-order valence-electron chi connectivity index (χ0n) is 11.6. The zero-order chi connectivity index (χ0) is 14.4. The van der Waals surface area contributed by atoms with Crippen molar-refractivity contribution in [1.29, 1.82) is 0 Å². The Morgan fingerprint density at radius 2 is 1.80 bits per heavy atom. The molecule has 0 aliphatic carbocycles. The summed E-state index contributed by atoms with van der Waals surface area (Å²) in [6.07, 6.45) is 1.000. The summed E-state index contributed by atoms with van der Waals surface area (Å²) in [5.41, 5.74) is 4.11. The molecule has 0 spiro atoms. The standard InChI is InChI=1S/C17H19NO2/c1-13-4-2-3-5-15(13)10-11-18-12-14-6-8-16(9-7-14)17(19)20/h2-9,18H,10-12H2,1H3,(H,19,20). The maximum absolute atomic E-state index is 10.7. The number of carboxylic acid groups (broad SMARTS) is 1. The Labute approximate surface area is 119 Å². The van der Waals surface area contributed by atoms with Crippen LogP contribution in [0.3, 0.4) is 0 Å². The smallest absolute Gasteiger partial charge is 0.335 e. The highest BCUT2D eigenvalue weighted by molar-refractivity contribution is 5.87. The molecule has 0 saturated carbocycles. The van der Waals surface area contributed by atoms with Crippen LogP contribution in [0, 0.1) is 6.92 Å². The van der Waals surface area contributed by atoms with Crippen molar-refractivity contribution < 1.29 is 9.90 Å². The summed E-state index contributed by atoms with van der Waals surface area (Å²) in [6, 6.07) is 15.4. The molecule has 0 unspecified atom stereocenters. The monoisotopic (exact) mass is 269 g/mol. The van der Waals surface area contributed by atoms with Crippen LogP contribution in [0.4, 0.5) is 0 Å². The van der Waals surface area contributed by atoms with Crippen LogP contribution in [0.15, 0.2) is 48.5 Å². The van der Waals surface area contributed by atoms with E-state index in [0.29, 0.717) is 5.56 Å². The molecule has 0 amide bonds. The molecular formula is C17H19NO2. The lowest BCUT2D eigenvalue weighted by Crippen LogP contribution is -2.17. The van der Waals surface area contributed by atoms with E-state index in [-0.39, 0.29) is 0 Å². The Morgan fingerprint density at radius 3 is 2.45 bits per heavy atom. The third-order valence-corrected chi connectivity index (χ3v) is 3.36. The lowest BCUT2D eigenvalue weighted by molar-refractivity contribution is 0.0697. The molecule has 2 N–H and O–H groups in total. The minimum atomic E-state index is -0.885. The van der Waals surface area contributed by atoms with Gasteiger partial charge in [0.15, 0.2) is 0 Å². The Bertz CT molecular complexity index is 576. The normalized spacial score (nSPS) is 10.4. The molecule has 20 heavy (non-hydrogen) atoms. The van der Waals surface area contributed by atoms with Gasteiger partial charge in [-0.1, -0.05) is 36.4 Å². The number of carboxylic acids is 1. The molecule has 104 valence electrons. The molecule has 0 radical (unpaired) electrons. The number of aryl methyl sites for hydroxylation is 1. The van der Waals surface area contributed by atoms with Gasteiger partial charge in [-0.3, -0.25) is 0 Å². The molecule has 0 aliphatic rings. The van der Waals surface area contributed by atoms with E-state index < -0.39 is 5.97 Å². The van der Waals surface area contributed by atoms with Crippen molar-refractivity contribution in [3.05, 3.63) is 70.8 Å². The van der Waals surface area contributed by atoms with Gasteiger partial charge in [-0.2, -0.15) is 0 Å². The number of hydrogen-bond acceptors (Lipinski definition) is 2. The van der Waals surface area contributed by atoms with Crippen molar-refractivity contribution in [2.24, 2.45) is 0 Å². The maximum atomic E-state index is 10.7. The quantitative estimate of drug-likeness (QED) is 0.792. The van der Waals surface area contributed by atoms with Crippen LogP contribution in [0.25, 0.3) is 0 Å². The lowest BCUT2D eigenvalue weighted by atomic mass is 10.1. The van der Waals surface area contributed by atoms with Crippen LogP contribution >= 0.6 is 0 Å². The molecule has 0 aliphatic heterocycles. The fourth-order valence-corrected chi connectivity index (χ4v) is 2.11. The largest absolute Gasteiger partial charge is 0.478 e. The van der Waals surface area contributed by atoms with E-state index in [0.717, 1.165) is 25.1 Å². The summed E-state index contributed by atoms with van der Waals surface area (Å²) < 4.78 is 0. The molecule has 0 atom stereocenters. The summed E-state index contributed by atoms with van der Waals surface area (Å²) in [7, 11) is 0. The van der Waals surface area contributed by atoms with Crippen LogP contribution in [0.2, 0.25) is 0 Å². The molecule has 2 aromatic carbocycles. The van der Waals surface area contributed by atoms with Gasteiger partial charge in [-0.15, -0.1) is 0 Å². The summed E-state index contributed by atoms with van der Waals surface area (Å²) in [6.45, 7) is 3.79. The minimum absolute atomic E-state index is 0.327. The summed E-state index contributed by atoms with van der Waals surface area (Å²) >= 11 is 0. The number of hydrogen-bond donors (Lipinski definition) is 2. The number of carbonyl (C=O) groups is 1. The van der Waals surface area contributed by atoms with Crippen LogP contribution in [-0.4, -0.2) is 17.6 Å². The van der Waals surface area contributed by atoms with Crippen molar-refractivity contribution in [3.8, 4) is 0 Å². The predicted octanol–water partition coefficient (Wildman–Crippen LogP) is 3.03. The molecule has 0 aromatic heterocycles. The van der Waals surface area contributed by atoms with Crippen LogP contribution in [0.1, 0.15) is 27.0 Å². The van der Waals surface area contributed by atoms with Crippen molar-refractivity contribution >= 4 is 5.97 Å².